The lowest BCUT2D eigenvalue weighted by Gasteiger charge is -2.24. The predicted molar refractivity (Wildman–Crippen MR) is 101 cm³/mol. The summed E-state index contributed by atoms with van der Waals surface area (Å²) in [4.78, 5) is 27.8. The molecule has 1 aliphatic rings. The lowest BCUT2D eigenvalue weighted by Crippen LogP contribution is -2.32. The number of amides is 1. The molecule has 0 spiro atoms. The molecule has 2 aromatic carbocycles. The number of benzene rings is 2. The lowest BCUT2D eigenvalue weighted by atomic mass is 9.98. The Labute approximate surface area is 158 Å². The number of nitrogens with zero attached hydrogens (tertiary/aromatic N) is 1. The second-order valence-electron chi connectivity index (χ2n) is 6.12. The second kappa shape index (κ2) is 6.70. The van der Waals surface area contributed by atoms with Crippen LogP contribution in [0.3, 0.4) is 0 Å². The number of fused-ring (bicyclic) bond motifs is 2. The molecule has 0 fully saturated rings. The molecule has 26 heavy (non-hydrogen) atoms. The summed E-state index contributed by atoms with van der Waals surface area (Å²) in [5.41, 5.74) is 1.52. The minimum atomic E-state index is -0.485. The standard InChI is InChI=1S/C20H16BrNO4/c1-25-11-10-22-17(12-6-8-13(21)9-7-12)16-18(23)14-4-2-3-5-15(14)26-19(16)20(22)24/h2-9,17H,10-11H2,1H3/t17-/m0/s1. The van der Waals surface area contributed by atoms with Gasteiger partial charge < -0.3 is 14.1 Å². The van der Waals surface area contributed by atoms with Crippen molar-refractivity contribution in [1.82, 2.24) is 4.90 Å². The quantitative estimate of drug-likeness (QED) is 0.653. The zero-order valence-corrected chi connectivity index (χ0v) is 15.7. The van der Waals surface area contributed by atoms with Gasteiger partial charge in [-0.15, -0.1) is 0 Å². The maximum Gasteiger partial charge on any atom is 0.290 e. The van der Waals surface area contributed by atoms with E-state index in [1.807, 2.05) is 24.3 Å². The van der Waals surface area contributed by atoms with Gasteiger partial charge in [0.2, 0.25) is 5.76 Å². The first kappa shape index (κ1) is 17.0. The molecule has 0 saturated heterocycles. The molecule has 2 heterocycles. The van der Waals surface area contributed by atoms with Gasteiger partial charge >= 0.3 is 0 Å². The van der Waals surface area contributed by atoms with Gasteiger partial charge in [0.25, 0.3) is 5.91 Å². The molecule has 0 radical (unpaired) electrons. The van der Waals surface area contributed by atoms with Crippen molar-refractivity contribution < 1.29 is 13.9 Å². The third-order valence-corrected chi connectivity index (χ3v) is 5.12. The number of para-hydroxylation sites is 1. The highest BCUT2D eigenvalue weighted by molar-refractivity contribution is 9.10. The number of carbonyl (C=O) groups is 1. The summed E-state index contributed by atoms with van der Waals surface area (Å²) >= 11 is 3.42. The van der Waals surface area contributed by atoms with Gasteiger partial charge in [-0.25, -0.2) is 0 Å². The molecule has 1 amide bonds. The van der Waals surface area contributed by atoms with Crippen molar-refractivity contribution in [1.29, 1.82) is 0 Å². The number of carbonyl (C=O) groups excluding carboxylic acids is 1. The zero-order chi connectivity index (χ0) is 18.3. The van der Waals surface area contributed by atoms with Crippen molar-refractivity contribution in [3.63, 3.8) is 0 Å². The van der Waals surface area contributed by atoms with E-state index in [-0.39, 0.29) is 17.1 Å². The first-order valence-electron chi connectivity index (χ1n) is 8.23. The smallest absolute Gasteiger partial charge is 0.290 e. The number of halogens is 1. The second-order valence-corrected chi connectivity index (χ2v) is 7.03. The average molecular weight is 414 g/mol. The Bertz CT molecular complexity index is 1040. The van der Waals surface area contributed by atoms with Gasteiger partial charge in [-0.1, -0.05) is 40.2 Å². The van der Waals surface area contributed by atoms with Crippen LogP contribution in [0.2, 0.25) is 0 Å². The highest BCUT2D eigenvalue weighted by Gasteiger charge is 2.42. The first-order valence-corrected chi connectivity index (χ1v) is 9.02. The van der Waals surface area contributed by atoms with Gasteiger partial charge in [0.05, 0.1) is 23.6 Å². The third kappa shape index (κ3) is 2.66. The fourth-order valence-electron chi connectivity index (χ4n) is 3.38. The van der Waals surface area contributed by atoms with Crippen molar-refractivity contribution in [2.24, 2.45) is 0 Å². The maximum absolute atomic E-state index is 13.2. The molecule has 1 aliphatic heterocycles. The van der Waals surface area contributed by atoms with E-state index in [1.54, 1.807) is 36.3 Å². The maximum atomic E-state index is 13.2. The minimum absolute atomic E-state index is 0.123. The monoisotopic (exact) mass is 413 g/mol. The molecule has 0 bridgehead atoms. The van der Waals surface area contributed by atoms with Gasteiger partial charge in [0.15, 0.2) is 5.43 Å². The Morgan fingerprint density at radius 1 is 1.12 bits per heavy atom. The molecular formula is C20H16BrNO4. The molecule has 1 atom stereocenters. The number of hydrogen-bond donors (Lipinski definition) is 0. The lowest BCUT2D eigenvalue weighted by molar-refractivity contribution is 0.0663. The van der Waals surface area contributed by atoms with E-state index >= 15 is 0 Å². The van der Waals surface area contributed by atoms with Crippen molar-refractivity contribution >= 4 is 32.8 Å². The third-order valence-electron chi connectivity index (χ3n) is 4.60. The summed E-state index contributed by atoms with van der Waals surface area (Å²) in [6, 6.07) is 14.1. The number of hydrogen-bond acceptors (Lipinski definition) is 4. The predicted octanol–water partition coefficient (Wildman–Crippen LogP) is 3.75. The van der Waals surface area contributed by atoms with Crippen molar-refractivity contribution in [3.8, 4) is 0 Å². The van der Waals surface area contributed by atoms with Crippen LogP contribution in [0, 0.1) is 0 Å². The number of rotatable bonds is 4. The van der Waals surface area contributed by atoms with Crippen LogP contribution >= 0.6 is 15.9 Å². The summed E-state index contributed by atoms with van der Waals surface area (Å²) in [5, 5.41) is 0.481. The normalized spacial score (nSPS) is 16.3. The van der Waals surface area contributed by atoms with Crippen LogP contribution in [0.4, 0.5) is 0 Å². The van der Waals surface area contributed by atoms with Crippen molar-refractivity contribution in [3.05, 3.63) is 80.1 Å². The average Bonchev–Trinajstić information content (AvgIpc) is 2.93. The number of methoxy groups -OCH3 is 1. The van der Waals surface area contributed by atoms with Crippen LogP contribution in [0.15, 0.2) is 62.2 Å². The molecule has 6 heteroatoms. The van der Waals surface area contributed by atoms with E-state index in [2.05, 4.69) is 15.9 Å². The summed E-state index contributed by atoms with van der Waals surface area (Å²) in [7, 11) is 1.58. The molecule has 1 aromatic heterocycles. The van der Waals surface area contributed by atoms with Gasteiger partial charge in [-0.2, -0.15) is 0 Å². The Morgan fingerprint density at radius 2 is 1.85 bits per heavy atom. The fourth-order valence-corrected chi connectivity index (χ4v) is 3.64. The van der Waals surface area contributed by atoms with E-state index in [4.69, 9.17) is 9.15 Å². The van der Waals surface area contributed by atoms with Gasteiger partial charge in [0, 0.05) is 18.1 Å². The Balaban J connectivity index is 1.96. The summed E-state index contributed by atoms with van der Waals surface area (Å²) in [6.07, 6.45) is 0. The summed E-state index contributed by atoms with van der Waals surface area (Å²) in [6.45, 7) is 0.747. The molecule has 4 rings (SSSR count). The largest absolute Gasteiger partial charge is 0.450 e. The summed E-state index contributed by atoms with van der Waals surface area (Å²) < 4.78 is 11.9. The molecule has 0 N–H and O–H groups in total. The Morgan fingerprint density at radius 3 is 2.58 bits per heavy atom. The van der Waals surface area contributed by atoms with Gasteiger partial charge in [0.1, 0.15) is 5.58 Å². The molecule has 0 saturated carbocycles. The van der Waals surface area contributed by atoms with Crippen LogP contribution in [-0.4, -0.2) is 31.1 Å². The van der Waals surface area contributed by atoms with Crippen LogP contribution in [0.25, 0.3) is 11.0 Å². The highest BCUT2D eigenvalue weighted by atomic mass is 79.9. The van der Waals surface area contributed by atoms with Gasteiger partial charge in [-0.05, 0) is 29.8 Å². The van der Waals surface area contributed by atoms with Crippen LogP contribution < -0.4 is 5.43 Å². The fraction of sp³-hybridized carbons (Fsp3) is 0.200. The van der Waals surface area contributed by atoms with Crippen LogP contribution in [0.1, 0.15) is 27.7 Å². The topological polar surface area (TPSA) is 59.8 Å². The molecule has 0 aliphatic carbocycles. The van der Waals surface area contributed by atoms with Crippen molar-refractivity contribution in [2.75, 3.05) is 20.3 Å². The van der Waals surface area contributed by atoms with E-state index < -0.39 is 6.04 Å². The Kier molecular flexibility index (Phi) is 4.38. The highest BCUT2D eigenvalue weighted by Crippen LogP contribution is 2.38. The molecule has 5 nitrogen and oxygen atoms in total. The number of ether oxygens (including phenoxy) is 1. The van der Waals surface area contributed by atoms with Crippen LogP contribution in [0.5, 0.6) is 0 Å². The molecule has 132 valence electrons. The van der Waals surface area contributed by atoms with E-state index in [1.165, 1.54) is 0 Å². The summed E-state index contributed by atoms with van der Waals surface area (Å²) in [5.74, 6) is -0.162. The molecular weight excluding hydrogens is 398 g/mol. The van der Waals surface area contributed by atoms with E-state index in [9.17, 15) is 9.59 Å². The van der Waals surface area contributed by atoms with E-state index in [0.717, 1.165) is 10.0 Å². The minimum Gasteiger partial charge on any atom is -0.450 e. The molecule has 0 unspecified atom stereocenters. The van der Waals surface area contributed by atoms with Gasteiger partial charge in [-0.3, -0.25) is 9.59 Å². The SMILES string of the molecule is COCCN1C(=O)c2oc3ccccc3c(=O)c2[C@@H]1c1ccc(Br)cc1. The molecule has 3 aromatic rings. The van der Waals surface area contributed by atoms with Crippen LogP contribution in [-0.2, 0) is 4.74 Å². The van der Waals surface area contributed by atoms with E-state index in [0.29, 0.717) is 29.7 Å². The first-order chi connectivity index (χ1) is 12.6. The Hall–Kier alpha value is -2.44. The van der Waals surface area contributed by atoms with Crippen molar-refractivity contribution in [2.45, 2.75) is 6.04 Å². The zero-order valence-electron chi connectivity index (χ0n) is 14.1.